The van der Waals surface area contributed by atoms with Crippen molar-refractivity contribution < 1.29 is 23.7 Å². The van der Waals surface area contributed by atoms with Gasteiger partial charge in [-0.15, -0.1) is 0 Å². The first-order chi connectivity index (χ1) is 22.5. The van der Waals surface area contributed by atoms with Crippen LogP contribution in [-0.4, -0.2) is 54.6 Å². The average Bonchev–Trinajstić information content (AvgIpc) is 3.72. The van der Waals surface area contributed by atoms with Gasteiger partial charge in [-0.05, 0) is 50.6 Å². The van der Waals surface area contributed by atoms with Gasteiger partial charge in [0, 0.05) is 41.7 Å². The molecule has 1 aromatic carbocycles. The van der Waals surface area contributed by atoms with Crippen molar-refractivity contribution in [1.29, 1.82) is 0 Å². The van der Waals surface area contributed by atoms with E-state index in [4.69, 9.17) is 5.73 Å². The number of benzene rings is 1. The van der Waals surface area contributed by atoms with Crippen molar-refractivity contribution in [3.05, 3.63) is 111 Å². The minimum absolute atomic E-state index is 0.0307. The lowest BCUT2D eigenvalue weighted by Gasteiger charge is -2.19. The molecule has 2 amide bonds. The van der Waals surface area contributed by atoms with E-state index in [2.05, 4.69) is 35.3 Å². The van der Waals surface area contributed by atoms with E-state index in [1.54, 1.807) is 30.0 Å². The largest absolute Gasteiger partial charge is 0.439 e. The maximum absolute atomic E-state index is 13.2. The molecule has 14 heteroatoms. The van der Waals surface area contributed by atoms with Gasteiger partial charge in [0.25, 0.3) is 11.8 Å². The fourth-order valence-corrected chi connectivity index (χ4v) is 5.00. The standard InChI is InChI=1S/C33H32N8O6/c1-18-4-9-25(19(2)5-7-22(10-18)30-39-33(46)47-40-30)38-32(45)27-12-26(36-17-37-27)31(44)35-13-21-6-8-23-14-41(15-24(23)11-21)20(3)29(34)28(43)16-42/h5-8,10-12,14-17,25H,4,9,13,34H2,1-3H3,(H,35,44)(H,38,45)(H,39,40,46)/b18-10+,19-5+,22-7+,29-20-. The zero-order valence-electron chi connectivity index (χ0n) is 25.9. The number of Topliss-reactive ketones (excluding diaryl/α,β-unsaturated/α-hetero) is 1. The summed E-state index contributed by atoms with van der Waals surface area (Å²) in [5.74, 6) is -2.07. The van der Waals surface area contributed by atoms with Crippen molar-refractivity contribution in [2.75, 3.05) is 0 Å². The molecule has 0 aliphatic heterocycles. The number of aromatic amines is 1. The Morgan fingerprint density at radius 1 is 1.09 bits per heavy atom. The van der Waals surface area contributed by atoms with Gasteiger partial charge >= 0.3 is 5.76 Å². The molecule has 1 aliphatic carbocycles. The minimum Gasteiger partial charge on any atom is -0.394 e. The zero-order chi connectivity index (χ0) is 33.7. The second kappa shape index (κ2) is 13.9. The molecule has 1 atom stereocenters. The summed E-state index contributed by atoms with van der Waals surface area (Å²) in [6.07, 6.45) is 11.7. The van der Waals surface area contributed by atoms with E-state index in [9.17, 15) is 24.0 Å². The number of H-pyrrole nitrogens is 1. The summed E-state index contributed by atoms with van der Waals surface area (Å²) in [5.41, 5.74) is 9.51. The molecule has 0 radical (unpaired) electrons. The van der Waals surface area contributed by atoms with Crippen molar-refractivity contribution >= 4 is 45.9 Å². The summed E-state index contributed by atoms with van der Waals surface area (Å²) in [5, 5.41) is 11.3. The molecule has 1 unspecified atom stereocenters. The number of ketones is 1. The Morgan fingerprint density at radius 2 is 1.83 bits per heavy atom. The first-order valence-corrected chi connectivity index (χ1v) is 14.6. The fraction of sp³-hybridized carbons (Fsp3) is 0.212. The molecular formula is C33H32N8O6. The number of fused-ring (bicyclic) bond motifs is 1. The normalized spacial score (nSPS) is 19.0. The average molecular weight is 637 g/mol. The summed E-state index contributed by atoms with van der Waals surface area (Å²) >= 11 is 0. The lowest BCUT2D eigenvalue weighted by molar-refractivity contribution is -0.127. The second-order valence-corrected chi connectivity index (χ2v) is 11.1. The monoisotopic (exact) mass is 636 g/mol. The molecule has 4 aromatic rings. The number of aromatic nitrogens is 5. The van der Waals surface area contributed by atoms with Crippen LogP contribution in [-0.2, 0) is 16.1 Å². The highest BCUT2D eigenvalue weighted by molar-refractivity contribution is 6.34. The van der Waals surface area contributed by atoms with Crippen molar-refractivity contribution in [3.8, 4) is 0 Å². The molecule has 3 heterocycles. The number of nitrogens with two attached hydrogens (primary N) is 1. The van der Waals surface area contributed by atoms with Gasteiger partial charge in [0.2, 0.25) is 5.78 Å². The Hall–Kier alpha value is -6.18. The first-order valence-electron chi connectivity index (χ1n) is 14.6. The molecule has 0 bridgehead atoms. The highest BCUT2D eigenvalue weighted by Crippen LogP contribution is 2.23. The van der Waals surface area contributed by atoms with Crippen LogP contribution >= 0.6 is 0 Å². The van der Waals surface area contributed by atoms with Crippen LogP contribution in [0.2, 0.25) is 0 Å². The number of nitrogens with zero attached hydrogens (tertiary/aromatic N) is 4. The van der Waals surface area contributed by atoms with Crippen molar-refractivity contribution in [2.24, 2.45) is 5.73 Å². The number of hydrogen-bond acceptors (Lipinski definition) is 10. The number of carbonyl (C=O) groups is 4. The van der Waals surface area contributed by atoms with Crippen molar-refractivity contribution in [2.45, 2.75) is 46.2 Å². The molecule has 3 aromatic heterocycles. The van der Waals surface area contributed by atoms with E-state index in [0.717, 1.165) is 27.5 Å². The van der Waals surface area contributed by atoms with Crippen LogP contribution in [0.3, 0.4) is 0 Å². The van der Waals surface area contributed by atoms with Crippen LogP contribution < -0.4 is 22.1 Å². The van der Waals surface area contributed by atoms with Crippen LogP contribution in [0.4, 0.5) is 0 Å². The Kier molecular flexibility index (Phi) is 9.50. The van der Waals surface area contributed by atoms with Gasteiger partial charge < -0.3 is 20.9 Å². The highest BCUT2D eigenvalue weighted by Gasteiger charge is 2.20. The molecule has 0 saturated heterocycles. The number of rotatable bonds is 9. The number of allylic oxidation sites excluding steroid dienone is 7. The van der Waals surface area contributed by atoms with Crippen LogP contribution in [0, 0.1) is 0 Å². The SMILES string of the molecule is C/C(=C(/N)C(=O)C=O)n1cc2ccc(CNC(=O)c3cc(C(=O)NC4CC/C(C)=C/C(c5noc(=O)[nH]5)=C\C=C\4C)ncn3)cc2c1. The third-order valence-electron chi connectivity index (χ3n) is 7.77. The van der Waals surface area contributed by atoms with E-state index in [1.165, 1.54) is 12.4 Å². The number of aldehydes is 1. The fourth-order valence-electron chi connectivity index (χ4n) is 5.00. The van der Waals surface area contributed by atoms with E-state index in [1.807, 2.05) is 44.2 Å². The van der Waals surface area contributed by atoms with E-state index < -0.39 is 23.4 Å². The molecule has 0 spiro atoms. The molecule has 0 saturated carbocycles. The second-order valence-electron chi connectivity index (χ2n) is 11.1. The van der Waals surface area contributed by atoms with Crippen molar-refractivity contribution in [3.63, 3.8) is 0 Å². The van der Waals surface area contributed by atoms with Crippen LogP contribution in [0.25, 0.3) is 22.0 Å². The number of carbonyl (C=O) groups excluding carboxylic acids is 4. The van der Waals surface area contributed by atoms with Gasteiger partial charge in [-0.25, -0.2) is 14.8 Å². The minimum atomic E-state index is -0.792. The smallest absolute Gasteiger partial charge is 0.394 e. The number of amides is 2. The topological polar surface area (TPSA) is 208 Å². The van der Waals surface area contributed by atoms with Gasteiger partial charge in [-0.2, -0.15) is 0 Å². The lowest BCUT2D eigenvalue weighted by Crippen LogP contribution is -2.36. The molecule has 47 heavy (non-hydrogen) atoms. The Morgan fingerprint density at radius 3 is 2.55 bits per heavy atom. The van der Waals surface area contributed by atoms with E-state index in [0.29, 0.717) is 29.9 Å². The lowest BCUT2D eigenvalue weighted by atomic mass is 10.0. The molecule has 0 fully saturated rings. The first kappa shape index (κ1) is 32.2. The van der Waals surface area contributed by atoms with Gasteiger partial charge in [-0.1, -0.05) is 46.7 Å². The summed E-state index contributed by atoms with van der Waals surface area (Å²) < 4.78 is 6.30. The van der Waals surface area contributed by atoms with E-state index in [-0.39, 0.29) is 36.0 Å². The van der Waals surface area contributed by atoms with Gasteiger partial charge in [-0.3, -0.25) is 28.7 Å². The molecule has 14 nitrogen and oxygen atoms in total. The predicted molar refractivity (Wildman–Crippen MR) is 172 cm³/mol. The van der Waals surface area contributed by atoms with Gasteiger partial charge in [0.1, 0.15) is 23.4 Å². The Bertz CT molecular complexity index is 2080. The number of hydrogen-bond donors (Lipinski definition) is 4. The Labute approximate surface area is 268 Å². The summed E-state index contributed by atoms with van der Waals surface area (Å²) in [6, 6.07) is 6.60. The van der Waals surface area contributed by atoms with Gasteiger partial charge in [0.15, 0.2) is 12.1 Å². The van der Waals surface area contributed by atoms with Crippen LogP contribution in [0.15, 0.2) is 87.4 Å². The van der Waals surface area contributed by atoms with Gasteiger partial charge in [0.05, 0.1) is 6.04 Å². The zero-order valence-corrected chi connectivity index (χ0v) is 25.9. The molecule has 240 valence electrons. The maximum Gasteiger partial charge on any atom is 0.439 e. The third kappa shape index (κ3) is 7.56. The summed E-state index contributed by atoms with van der Waals surface area (Å²) in [6.45, 7) is 5.66. The summed E-state index contributed by atoms with van der Waals surface area (Å²) in [4.78, 5) is 70.8. The van der Waals surface area contributed by atoms with Crippen LogP contribution in [0.1, 0.15) is 66.0 Å². The molecule has 5 N–H and O–H groups in total. The third-order valence-corrected chi connectivity index (χ3v) is 7.77. The van der Waals surface area contributed by atoms with E-state index >= 15 is 0 Å². The van der Waals surface area contributed by atoms with Crippen molar-refractivity contribution in [1.82, 2.24) is 35.3 Å². The van der Waals surface area contributed by atoms with Crippen LogP contribution in [0.5, 0.6) is 0 Å². The quantitative estimate of drug-likeness (QED) is 0.120. The summed E-state index contributed by atoms with van der Waals surface area (Å²) in [7, 11) is 0. The molecule has 1 aliphatic rings. The predicted octanol–water partition coefficient (Wildman–Crippen LogP) is 2.82. The Balaban J connectivity index is 1.25. The molecular weight excluding hydrogens is 604 g/mol. The maximum atomic E-state index is 13.2. The highest BCUT2D eigenvalue weighted by atomic mass is 16.5. The molecule has 5 rings (SSSR count). The number of nitrogens with one attached hydrogen (secondary N) is 3.